The van der Waals surface area contributed by atoms with Gasteiger partial charge in [0.15, 0.2) is 30.4 Å². The third-order valence-electron chi connectivity index (χ3n) is 4.27. The molecular weight excluding hydrogens is 407 g/mol. The van der Waals surface area contributed by atoms with Crippen molar-refractivity contribution in [2.24, 2.45) is 0 Å². The molecule has 0 amide bonds. The maximum atomic E-state index is 15.0. The van der Waals surface area contributed by atoms with Gasteiger partial charge in [-0.2, -0.15) is 0 Å². The standard InChI is InChI=1S/C21H15F4O3P/c1-2-28-21(26)15-16(22)18(24)20(19(25)17(15)23)29(27,13-9-5-3-6-10-13)14-11-7-4-8-12-14/h3-12H,2H2,1H3. The van der Waals surface area contributed by atoms with Crippen LogP contribution in [0.3, 0.4) is 0 Å². The highest BCUT2D eigenvalue weighted by Gasteiger charge is 2.41. The Hall–Kier alpha value is -2.92. The van der Waals surface area contributed by atoms with E-state index in [9.17, 15) is 18.1 Å². The van der Waals surface area contributed by atoms with Crippen LogP contribution in [-0.4, -0.2) is 12.6 Å². The molecule has 3 aromatic rings. The average Bonchev–Trinajstić information content (AvgIpc) is 2.74. The topological polar surface area (TPSA) is 43.4 Å². The fraction of sp³-hybridized carbons (Fsp3) is 0.0952. The third-order valence-corrected chi connectivity index (χ3v) is 7.35. The van der Waals surface area contributed by atoms with Gasteiger partial charge in [-0.05, 0) is 6.92 Å². The monoisotopic (exact) mass is 422 g/mol. The third kappa shape index (κ3) is 3.47. The predicted octanol–water partition coefficient (Wildman–Crippen LogP) is 4.06. The van der Waals surface area contributed by atoms with E-state index < -0.39 is 47.2 Å². The van der Waals surface area contributed by atoms with Gasteiger partial charge in [-0.3, -0.25) is 0 Å². The summed E-state index contributed by atoms with van der Waals surface area (Å²) in [6.45, 7) is 1.11. The number of hydrogen-bond acceptors (Lipinski definition) is 3. The molecule has 0 fully saturated rings. The first-order valence-electron chi connectivity index (χ1n) is 8.58. The van der Waals surface area contributed by atoms with E-state index in [1.54, 1.807) is 12.1 Å². The fourth-order valence-electron chi connectivity index (χ4n) is 2.96. The number of rotatable bonds is 5. The maximum absolute atomic E-state index is 15.0. The molecule has 3 rings (SSSR count). The van der Waals surface area contributed by atoms with E-state index in [0.29, 0.717) is 0 Å². The summed E-state index contributed by atoms with van der Waals surface area (Å²) >= 11 is 0. The van der Waals surface area contributed by atoms with Crippen molar-refractivity contribution < 1.29 is 31.7 Å². The van der Waals surface area contributed by atoms with E-state index in [0.717, 1.165) is 0 Å². The highest BCUT2D eigenvalue weighted by Crippen LogP contribution is 2.45. The summed E-state index contributed by atoms with van der Waals surface area (Å²) < 4.78 is 77.8. The SMILES string of the molecule is CCOC(=O)c1c(F)c(F)c(P(=O)(c2ccccc2)c2ccccc2)c(F)c1F. The average molecular weight is 422 g/mol. The fourth-order valence-corrected chi connectivity index (χ4v) is 5.71. The minimum absolute atomic E-state index is 0.0216. The summed E-state index contributed by atoms with van der Waals surface area (Å²) in [6.07, 6.45) is 0. The Morgan fingerprint density at radius 1 is 0.793 bits per heavy atom. The smallest absolute Gasteiger partial charge is 0.344 e. The van der Waals surface area contributed by atoms with Crippen LogP contribution in [0, 0.1) is 23.3 Å². The van der Waals surface area contributed by atoms with Gasteiger partial charge in [-0.25, -0.2) is 22.4 Å². The van der Waals surface area contributed by atoms with Crippen molar-refractivity contribution in [2.45, 2.75) is 6.92 Å². The van der Waals surface area contributed by atoms with Crippen molar-refractivity contribution in [3.8, 4) is 0 Å². The molecule has 3 aromatic carbocycles. The van der Waals surface area contributed by atoms with Crippen molar-refractivity contribution in [1.29, 1.82) is 0 Å². The van der Waals surface area contributed by atoms with Gasteiger partial charge in [0, 0.05) is 10.6 Å². The highest BCUT2D eigenvalue weighted by atomic mass is 31.2. The number of esters is 1. The molecule has 0 N–H and O–H groups in total. The normalized spacial score (nSPS) is 11.3. The molecular formula is C21H15F4O3P. The summed E-state index contributed by atoms with van der Waals surface area (Å²) in [7, 11) is -4.35. The van der Waals surface area contributed by atoms with Crippen molar-refractivity contribution in [3.63, 3.8) is 0 Å². The molecule has 0 unspecified atom stereocenters. The summed E-state index contributed by atoms with van der Waals surface area (Å²) in [5.74, 6) is -9.26. The number of hydrogen-bond donors (Lipinski definition) is 0. The Morgan fingerprint density at radius 2 is 1.21 bits per heavy atom. The first-order valence-corrected chi connectivity index (χ1v) is 10.3. The predicted molar refractivity (Wildman–Crippen MR) is 102 cm³/mol. The van der Waals surface area contributed by atoms with Gasteiger partial charge in [-0.15, -0.1) is 0 Å². The number of benzene rings is 3. The number of carbonyl (C=O) groups excluding carboxylic acids is 1. The maximum Gasteiger partial charge on any atom is 0.344 e. The second-order valence-corrected chi connectivity index (χ2v) is 8.68. The molecule has 0 heterocycles. The van der Waals surface area contributed by atoms with Crippen molar-refractivity contribution in [1.82, 2.24) is 0 Å². The van der Waals surface area contributed by atoms with Gasteiger partial charge in [0.25, 0.3) is 0 Å². The van der Waals surface area contributed by atoms with Crippen LogP contribution in [0.2, 0.25) is 0 Å². The lowest BCUT2D eigenvalue weighted by Crippen LogP contribution is -2.32. The van der Waals surface area contributed by atoms with E-state index in [4.69, 9.17) is 0 Å². The molecule has 8 heteroatoms. The summed E-state index contributed by atoms with van der Waals surface area (Å²) in [4.78, 5) is 11.8. The molecule has 0 saturated heterocycles. The van der Waals surface area contributed by atoms with E-state index >= 15 is 8.78 Å². The molecule has 0 atom stereocenters. The molecule has 3 nitrogen and oxygen atoms in total. The van der Waals surface area contributed by atoms with Crippen LogP contribution in [0.1, 0.15) is 17.3 Å². The van der Waals surface area contributed by atoms with Gasteiger partial charge < -0.3 is 9.30 Å². The summed E-state index contributed by atoms with van der Waals surface area (Å²) in [5.41, 5.74) is -1.50. The van der Waals surface area contributed by atoms with Crippen LogP contribution >= 0.6 is 7.14 Å². The Balaban J connectivity index is 2.40. The van der Waals surface area contributed by atoms with E-state index in [1.165, 1.54) is 55.5 Å². The first-order chi connectivity index (χ1) is 13.8. The van der Waals surface area contributed by atoms with Gasteiger partial charge in [0.1, 0.15) is 5.56 Å². The number of carbonyl (C=O) groups is 1. The Labute approximate surface area is 164 Å². The lowest BCUT2D eigenvalue weighted by Gasteiger charge is -2.22. The van der Waals surface area contributed by atoms with Crippen LogP contribution < -0.4 is 15.9 Å². The molecule has 0 aromatic heterocycles. The molecule has 0 aliphatic carbocycles. The first kappa shape index (κ1) is 20.8. The zero-order valence-electron chi connectivity index (χ0n) is 15.2. The zero-order valence-corrected chi connectivity index (χ0v) is 16.1. The molecule has 150 valence electrons. The molecule has 29 heavy (non-hydrogen) atoms. The van der Waals surface area contributed by atoms with Gasteiger partial charge in [0.2, 0.25) is 0 Å². The second kappa shape index (κ2) is 8.21. The lowest BCUT2D eigenvalue weighted by molar-refractivity contribution is 0.0512. The number of halogens is 4. The zero-order chi connectivity index (χ0) is 21.2. The minimum Gasteiger partial charge on any atom is -0.462 e. The van der Waals surface area contributed by atoms with Crippen LogP contribution in [0.15, 0.2) is 60.7 Å². The highest BCUT2D eigenvalue weighted by molar-refractivity contribution is 7.85. The van der Waals surface area contributed by atoms with Crippen LogP contribution in [0.5, 0.6) is 0 Å². The Kier molecular flexibility index (Phi) is 5.89. The second-order valence-electron chi connectivity index (χ2n) is 5.98. The van der Waals surface area contributed by atoms with Gasteiger partial charge >= 0.3 is 5.97 Å². The molecule has 0 aliphatic heterocycles. The van der Waals surface area contributed by atoms with Crippen LogP contribution in [-0.2, 0) is 9.30 Å². The quantitative estimate of drug-likeness (QED) is 0.270. The Bertz CT molecular complexity index is 1030. The van der Waals surface area contributed by atoms with Crippen LogP contribution in [0.25, 0.3) is 0 Å². The van der Waals surface area contributed by atoms with E-state index in [1.807, 2.05) is 0 Å². The molecule has 0 bridgehead atoms. The summed E-state index contributed by atoms with van der Waals surface area (Å²) in [6, 6.07) is 14.5. The molecule has 0 saturated carbocycles. The van der Waals surface area contributed by atoms with Crippen LogP contribution in [0.4, 0.5) is 17.6 Å². The van der Waals surface area contributed by atoms with E-state index in [-0.39, 0.29) is 17.2 Å². The van der Waals surface area contributed by atoms with Crippen molar-refractivity contribution in [2.75, 3.05) is 6.61 Å². The minimum atomic E-state index is -4.35. The largest absolute Gasteiger partial charge is 0.462 e. The molecule has 0 aliphatic rings. The number of ether oxygens (including phenoxy) is 1. The Morgan fingerprint density at radius 3 is 1.59 bits per heavy atom. The lowest BCUT2D eigenvalue weighted by atomic mass is 10.2. The van der Waals surface area contributed by atoms with Crippen molar-refractivity contribution >= 4 is 29.0 Å². The van der Waals surface area contributed by atoms with E-state index in [2.05, 4.69) is 4.74 Å². The molecule has 0 spiro atoms. The molecule has 0 radical (unpaired) electrons. The summed E-state index contributed by atoms with van der Waals surface area (Å²) in [5, 5.41) is -1.31. The van der Waals surface area contributed by atoms with Gasteiger partial charge in [0.05, 0.1) is 11.9 Å². The van der Waals surface area contributed by atoms with Gasteiger partial charge in [-0.1, -0.05) is 60.7 Å². The van der Waals surface area contributed by atoms with Crippen molar-refractivity contribution in [3.05, 3.63) is 89.5 Å².